The number of halogens is 3. The summed E-state index contributed by atoms with van der Waals surface area (Å²) < 4.78 is 39.2. The molecule has 1 aromatic carbocycles. The van der Waals surface area contributed by atoms with Crippen LogP contribution >= 0.6 is 0 Å². The molecule has 0 saturated carbocycles. The van der Waals surface area contributed by atoms with E-state index in [1.54, 1.807) is 12.5 Å². The Morgan fingerprint density at radius 1 is 1.14 bits per heavy atom. The highest BCUT2D eigenvalue weighted by Gasteiger charge is 2.30. The first-order chi connectivity index (χ1) is 9.97. The fraction of sp³-hybridized carbons (Fsp3) is 0.333. The van der Waals surface area contributed by atoms with Gasteiger partial charge in [-0.3, -0.25) is 4.79 Å². The number of hydrogen-bond acceptors (Lipinski definition) is 2. The zero-order valence-electron chi connectivity index (χ0n) is 11.3. The van der Waals surface area contributed by atoms with Crippen molar-refractivity contribution in [1.29, 1.82) is 0 Å². The number of Topliss-reactive ketones (excluding diaryl/α,β-unsaturated/α-hetero) is 1. The van der Waals surface area contributed by atoms with Crippen LogP contribution < -0.4 is 0 Å². The van der Waals surface area contributed by atoms with Crippen LogP contribution in [0.2, 0.25) is 0 Å². The van der Waals surface area contributed by atoms with Crippen LogP contribution in [0.5, 0.6) is 0 Å². The van der Waals surface area contributed by atoms with Gasteiger partial charge in [-0.2, -0.15) is 13.2 Å². The van der Waals surface area contributed by atoms with Crippen molar-refractivity contribution in [3.05, 3.63) is 54.1 Å². The van der Waals surface area contributed by atoms with E-state index in [4.69, 9.17) is 0 Å². The molecule has 2 aromatic rings. The lowest BCUT2D eigenvalue weighted by Crippen LogP contribution is -2.06. The third kappa shape index (κ3) is 4.44. The number of unbranched alkanes of at least 4 members (excludes halogenated alkanes) is 1. The van der Waals surface area contributed by atoms with Crippen molar-refractivity contribution in [3.63, 3.8) is 0 Å². The molecule has 6 heteroatoms. The average molecular weight is 296 g/mol. The maximum Gasteiger partial charge on any atom is 0.416 e. The molecule has 0 aliphatic carbocycles. The standard InChI is InChI=1S/C15H15F3N2O/c16-15(17,18)13-6-4-12(5-7-13)14(21)3-1-2-9-20-10-8-19-11-20/h4-8,10-11H,1-3,9H2. The maximum absolute atomic E-state index is 12.4. The summed E-state index contributed by atoms with van der Waals surface area (Å²) in [6, 6.07) is 4.36. The maximum atomic E-state index is 12.4. The van der Waals surface area contributed by atoms with E-state index in [0.29, 0.717) is 18.4 Å². The number of aromatic nitrogens is 2. The van der Waals surface area contributed by atoms with Gasteiger partial charge in [0, 0.05) is 30.9 Å². The number of imidazole rings is 1. The summed E-state index contributed by atoms with van der Waals surface area (Å²) in [4.78, 5) is 15.8. The SMILES string of the molecule is O=C(CCCCn1ccnc1)c1ccc(C(F)(F)F)cc1. The molecule has 0 aliphatic heterocycles. The lowest BCUT2D eigenvalue weighted by Gasteiger charge is -2.07. The van der Waals surface area contributed by atoms with Crippen LogP contribution in [0.25, 0.3) is 0 Å². The van der Waals surface area contributed by atoms with Gasteiger partial charge in [0.05, 0.1) is 11.9 Å². The van der Waals surface area contributed by atoms with Crippen molar-refractivity contribution in [1.82, 2.24) is 9.55 Å². The van der Waals surface area contributed by atoms with E-state index in [-0.39, 0.29) is 5.78 Å². The number of benzene rings is 1. The molecule has 112 valence electrons. The highest BCUT2D eigenvalue weighted by atomic mass is 19.4. The first kappa shape index (κ1) is 15.3. The van der Waals surface area contributed by atoms with Crippen molar-refractivity contribution >= 4 is 5.78 Å². The predicted octanol–water partition coefficient (Wildman–Crippen LogP) is 3.96. The Labute approximate surface area is 120 Å². The molecule has 21 heavy (non-hydrogen) atoms. The quantitative estimate of drug-likeness (QED) is 0.597. The minimum Gasteiger partial charge on any atom is -0.337 e. The fourth-order valence-electron chi connectivity index (χ4n) is 1.99. The molecule has 0 radical (unpaired) electrons. The van der Waals surface area contributed by atoms with Crippen molar-refractivity contribution < 1.29 is 18.0 Å². The summed E-state index contributed by atoms with van der Waals surface area (Å²) >= 11 is 0. The van der Waals surface area contributed by atoms with Gasteiger partial charge < -0.3 is 4.57 Å². The third-order valence-electron chi connectivity index (χ3n) is 3.16. The van der Waals surface area contributed by atoms with Gasteiger partial charge in [0.15, 0.2) is 5.78 Å². The van der Waals surface area contributed by atoms with E-state index in [2.05, 4.69) is 4.98 Å². The van der Waals surface area contributed by atoms with Crippen LogP contribution in [0.1, 0.15) is 35.2 Å². The molecular formula is C15H15F3N2O. The second kappa shape index (κ2) is 6.56. The zero-order valence-corrected chi connectivity index (χ0v) is 11.3. The summed E-state index contributed by atoms with van der Waals surface area (Å²) in [6.07, 6.45) is 2.72. The summed E-state index contributed by atoms with van der Waals surface area (Å²) in [5, 5.41) is 0. The highest BCUT2D eigenvalue weighted by molar-refractivity contribution is 5.96. The Morgan fingerprint density at radius 2 is 1.86 bits per heavy atom. The van der Waals surface area contributed by atoms with Gasteiger partial charge in [0.1, 0.15) is 0 Å². The number of rotatable bonds is 6. The number of hydrogen-bond donors (Lipinski definition) is 0. The number of ketones is 1. The minimum absolute atomic E-state index is 0.130. The van der Waals surface area contributed by atoms with Gasteiger partial charge in [0.2, 0.25) is 0 Å². The predicted molar refractivity (Wildman–Crippen MR) is 71.9 cm³/mol. The number of alkyl halides is 3. The van der Waals surface area contributed by atoms with Crippen LogP contribution in [0, 0.1) is 0 Å². The molecule has 0 amide bonds. The van der Waals surface area contributed by atoms with Crippen LogP contribution in [-0.2, 0) is 12.7 Å². The monoisotopic (exact) mass is 296 g/mol. The summed E-state index contributed by atoms with van der Waals surface area (Å²) in [5.41, 5.74) is -0.412. The van der Waals surface area contributed by atoms with Crippen molar-refractivity contribution in [3.8, 4) is 0 Å². The summed E-state index contributed by atoms with van der Waals surface area (Å²) in [7, 11) is 0. The molecule has 0 unspecified atom stereocenters. The van der Waals surface area contributed by atoms with Gasteiger partial charge in [-0.15, -0.1) is 0 Å². The Morgan fingerprint density at radius 3 is 2.43 bits per heavy atom. The van der Waals surface area contributed by atoms with Crippen LogP contribution in [-0.4, -0.2) is 15.3 Å². The normalized spacial score (nSPS) is 11.6. The van der Waals surface area contributed by atoms with Gasteiger partial charge in [-0.05, 0) is 25.0 Å². The highest BCUT2D eigenvalue weighted by Crippen LogP contribution is 2.29. The fourth-order valence-corrected chi connectivity index (χ4v) is 1.99. The Kier molecular flexibility index (Phi) is 4.77. The zero-order chi connectivity index (χ0) is 15.3. The first-order valence-electron chi connectivity index (χ1n) is 6.63. The number of aryl methyl sites for hydroxylation is 1. The van der Waals surface area contributed by atoms with Gasteiger partial charge in [0.25, 0.3) is 0 Å². The van der Waals surface area contributed by atoms with Crippen LogP contribution in [0.3, 0.4) is 0 Å². The molecular weight excluding hydrogens is 281 g/mol. The van der Waals surface area contributed by atoms with Crippen molar-refractivity contribution in [2.45, 2.75) is 32.0 Å². The molecule has 0 spiro atoms. The second-order valence-electron chi connectivity index (χ2n) is 4.76. The lowest BCUT2D eigenvalue weighted by atomic mass is 10.0. The Bertz CT molecular complexity index is 574. The van der Waals surface area contributed by atoms with Crippen LogP contribution in [0.15, 0.2) is 43.0 Å². The van der Waals surface area contributed by atoms with Crippen molar-refractivity contribution in [2.24, 2.45) is 0 Å². The molecule has 0 atom stereocenters. The molecule has 1 heterocycles. The van der Waals surface area contributed by atoms with Crippen molar-refractivity contribution in [2.75, 3.05) is 0 Å². The van der Waals surface area contributed by atoms with Gasteiger partial charge in [-0.1, -0.05) is 12.1 Å². The van der Waals surface area contributed by atoms with E-state index >= 15 is 0 Å². The molecule has 0 bridgehead atoms. The molecule has 0 fully saturated rings. The second-order valence-corrected chi connectivity index (χ2v) is 4.76. The number of carbonyl (C=O) groups excluding carboxylic acids is 1. The molecule has 0 saturated heterocycles. The topological polar surface area (TPSA) is 34.9 Å². The van der Waals surface area contributed by atoms with Crippen LogP contribution in [0.4, 0.5) is 13.2 Å². The lowest BCUT2D eigenvalue weighted by molar-refractivity contribution is -0.137. The van der Waals surface area contributed by atoms with Gasteiger partial charge >= 0.3 is 6.18 Å². The average Bonchev–Trinajstić information content (AvgIpc) is 2.96. The molecule has 2 rings (SSSR count). The van der Waals surface area contributed by atoms with E-state index in [9.17, 15) is 18.0 Å². The largest absolute Gasteiger partial charge is 0.416 e. The van der Waals surface area contributed by atoms with E-state index in [1.807, 2.05) is 10.8 Å². The number of nitrogens with zero attached hydrogens (tertiary/aromatic N) is 2. The smallest absolute Gasteiger partial charge is 0.337 e. The first-order valence-corrected chi connectivity index (χ1v) is 6.63. The van der Waals surface area contributed by atoms with E-state index in [1.165, 1.54) is 12.1 Å². The molecule has 0 N–H and O–H groups in total. The molecule has 1 aromatic heterocycles. The Hall–Kier alpha value is -2.11. The Balaban J connectivity index is 1.80. The van der Waals surface area contributed by atoms with Gasteiger partial charge in [-0.25, -0.2) is 4.98 Å². The molecule has 0 aliphatic rings. The van der Waals surface area contributed by atoms with E-state index in [0.717, 1.165) is 25.1 Å². The third-order valence-corrected chi connectivity index (χ3v) is 3.16. The summed E-state index contributed by atoms with van der Waals surface area (Å²) in [6.45, 7) is 0.778. The van der Waals surface area contributed by atoms with E-state index < -0.39 is 11.7 Å². The number of carbonyl (C=O) groups is 1. The minimum atomic E-state index is -4.37. The summed E-state index contributed by atoms with van der Waals surface area (Å²) in [5.74, 6) is -0.130. The molecule has 3 nitrogen and oxygen atoms in total.